The Morgan fingerprint density at radius 3 is 2.83 bits per heavy atom. The van der Waals surface area contributed by atoms with Gasteiger partial charge in [0, 0.05) is 23.3 Å². The number of amides is 1. The molecule has 0 spiro atoms. The van der Waals surface area contributed by atoms with Crippen LogP contribution in [0.1, 0.15) is 24.5 Å². The van der Waals surface area contributed by atoms with E-state index in [1.807, 2.05) is 6.07 Å². The summed E-state index contributed by atoms with van der Waals surface area (Å²) in [5.41, 5.74) is 1.25. The molecule has 1 N–H and O–H groups in total. The quantitative estimate of drug-likeness (QED) is 0.407. The van der Waals surface area contributed by atoms with Gasteiger partial charge in [0.2, 0.25) is 5.13 Å². The number of anilines is 1. The summed E-state index contributed by atoms with van der Waals surface area (Å²) in [6.45, 7) is 4.16. The highest BCUT2D eigenvalue weighted by molar-refractivity contribution is 7.15. The number of hydrogen-bond acceptors (Lipinski definition) is 5. The highest BCUT2D eigenvalue weighted by Gasteiger charge is 2.15. The SMILES string of the molecule is CC(C)Cc1nnc(NC(=O)/C(C#N)=C\c2cccn2-c2ccc(Cl)cc2Cl)s1. The van der Waals surface area contributed by atoms with Gasteiger partial charge in [-0.1, -0.05) is 48.4 Å². The molecular formula is C20H17Cl2N5OS. The number of aromatic nitrogens is 3. The summed E-state index contributed by atoms with van der Waals surface area (Å²) in [5, 5.41) is 22.3. The molecule has 29 heavy (non-hydrogen) atoms. The van der Waals surface area contributed by atoms with Crippen molar-refractivity contribution in [3.8, 4) is 11.8 Å². The first-order chi connectivity index (χ1) is 13.9. The number of rotatable bonds is 6. The number of nitrogens with one attached hydrogen (secondary N) is 1. The van der Waals surface area contributed by atoms with Crippen LogP contribution in [-0.2, 0) is 11.2 Å². The van der Waals surface area contributed by atoms with Gasteiger partial charge in [-0.25, -0.2) is 0 Å². The summed E-state index contributed by atoms with van der Waals surface area (Å²) < 4.78 is 1.77. The smallest absolute Gasteiger partial charge is 0.268 e. The fourth-order valence-corrected chi connectivity index (χ4v) is 4.05. The summed E-state index contributed by atoms with van der Waals surface area (Å²) in [6, 6.07) is 10.6. The zero-order valence-corrected chi connectivity index (χ0v) is 18.0. The van der Waals surface area contributed by atoms with Crippen LogP contribution in [0.3, 0.4) is 0 Å². The molecule has 0 aliphatic carbocycles. The van der Waals surface area contributed by atoms with Crippen molar-refractivity contribution in [1.82, 2.24) is 14.8 Å². The molecule has 1 aromatic carbocycles. The number of benzene rings is 1. The van der Waals surface area contributed by atoms with E-state index < -0.39 is 5.91 Å². The van der Waals surface area contributed by atoms with E-state index in [2.05, 4.69) is 29.4 Å². The molecular weight excluding hydrogens is 429 g/mol. The monoisotopic (exact) mass is 445 g/mol. The fourth-order valence-electron chi connectivity index (χ4n) is 2.60. The van der Waals surface area contributed by atoms with E-state index in [1.165, 1.54) is 17.4 Å². The van der Waals surface area contributed by atoms with Crippen LogP contribution < -0.4 is 5.32 Å². The number of carbonyl (C=O) groups is 1. The third kappa shape index (κ3) is 5.24. The molecule has 1 amide bonds. The van der Waals surface area contributed by atoms with Crippen LogP contribution in [-0.4, -0.2) is 20.7 Å². The van der Waals surface area contributed by atoms with Crippen molar-refractivity contribution in [2.24, 2.45) is 5.92 Å². The lowest BCUT2D eigenvalue weighted by atomic mass is 10.1. The highest BCUT2D eigenvalue weighted by Crippen LogP contribution is 2.27. The predicted octanol–water partition coefficient (Wildman–Crippen LogP) is 5.38. The Hall–Kier alpha value is -2.66. The van der Waals surface area contributed by atoms with Crippen molar-refractivity contribution in [3.63, 3.8) is 0 Å². The summed E-state index contributed by atoms with van der Waals surface area (Å²) in [7, 11) is 0. The Morgan fingerprint density at radius 2 is 2.14 bits per heavy atom. The predicted molar refractivity (Wildman–Crippen MR) is 116 cm³/mol. The average molecular weight is 446 g/mol. The maximum absolute atomic E-state index is 12.5. The number of carbonyl (C=O) groups excluding carboxylic acids is 1. The Kier molecular flexibility index (Phi) is 6.70. The normalized spacial score (nSPS) is 11.5. The first kappa shape index (κ1) is 21.1. The van der Waals surface area contributed by atoms with Gasteiger partial charge in [0.25, 0.3) is 5.91 Å². The highest BCUT2D eigenvalue weighted by atomic mass is 35.5. The van der Waals surface area contributed by atoms with Gasteiger partial charge in [0.15, 0.2) is 0 Å². The lowest BCUT2D eigenvalue weighted by molar-refractivity contribution is -0.112. The van der Waals surface area contributed by atoms with Gasteiger partial charge in [-0.15, -0.1) is 10.2 Å². The van der Waals surface area contributed by atoms with E-state index in [1.54, 1.807) is 41.1 Å². The van der Waals surface area contributed by atoms with Crippen LogP contribution in [0.15, 0.2) is 42.1 Å². The summed E-state index contributed by atoms with van der Waals surface area (Å²) >= 11 is 13.6. The minimum Gasteiger partial charge on any atom is -0.316 e. The van der Waals surface area contributed by atoms with E-state index in [9.17, 15) is 10.1 Å². The molecule has 0 aliphatic heterocycles. The second-order valence-electron chi connectivity index (χ2n) is 6.62. The first-order valence-corrected chi connectivity index (χ1v) is 10.3. The molecule has 3 aromatic rings. The topological polar surface area (TPSA) is 83.6 Å². The van der Waals surface area contributed by atoms with Crippen molar-refractivity contribution in [1.29, 1.82) is 5.26 Å². The van der Waals surface area contributed by atoms with Gasteiger partial charge in [-0.3, -0.25) is 10.1 Å². The van der Waals surface area contributed by atoms with Crippen LogP contribution in [0.25, 0.3) is 11.8 Å². The van der Waals surface area contributed by atoms with Gasteiger partial charge < -0.3 is 4.57 Å². The van der Waals surface area contributed by atoms with Crippen molar-refractivity contribution in [2.45, 2.75) is 20.3 Å². The van der Waals surface area contributed by atoms with Gasteiger partial charge in [-0.05, 0) is 42.3 Å². The first-order valence-electron chi connectivity index (χ1n) is 8.75. The van der Waals surface area contributed by atoms with Crippen LogP contribution in [0.5, 0.6) is 0 Å². The van der Waals surface area contributed by atoms with Crippen molar-refractivity contribution < 1.29 is 4.79 Å². The van der Waals surface area contributed by atoms with Gasteiger partial charge in [-0.2, -0.15) is 5.26 Å². The van der Waals surface area contributed by atoms with Crippen molar-refractivity contribution in [3.05, 3.63) is 62.8 Å². The summed E-state index contributed by atoms with van der Waals surface area (Å²) in [5.74, 6) is -0.108. The Balaban J connectivity index is 1.84. The van der Waals surface area contributed by atoms with Crippen LogP contribution in [0, 0.1) is 17.2 Å². The molecule has 2 aromatic heterocycles. The zero-order valence-electron chi connectivity index (χ0n) is 15.7. The number of hydrogen-bond donors (Lipinski definition) is 1. The van der Waals surface area contributed by atoms with Gasteiger partial charge in [0.1, 0.15) is 16.6 Å². The largest absolute Gasteiger partial charge is 0.316 e. The second kappa shape index (κ2) is 9.23. The standard InChI is InChI=1S/C20H17Cl2N5OS/c1-12(2)8-18-25-26-20(29-18)24-19(28)13(11-23)9-15-4-3-7-27(15)17-6-5-14(21)10-16(17)22/h3-7,9-10,12H,8H2,1-2H3,(H,24,26,28)/b13-9-. The Bertz CT molecular complexity index is 1110. The minimum atomic E-state index is -0.547. The third-order valence-corrected chi connectivity index (χ3v) is 5.28. The molecule has 0 bridgehead atoms. The minimum absolute atomic E-state index is 0.0596. The average Bonchev–Trinajstić information content (AvgIpc) is 3.28. The van der Waals surface area contributed by atoms with Crippen molar-refractivity contribution in [2.75, 3.05) is 5.32 Å². The van der Waals surface area contributed by atoms with E-state index in [-0.39, 0.29) is 5.57 Å². The molecule has 0 saturated carbocycles. The number of halogens is 2. The summed E-state index contributed by atoms with van der Waals surface area (Å²) in [6.07, 6.45) is 4.07. The lowest BCUT2D eigenvalue weighted by Crippen LogP contribution is -2.13. The molecule has 148 valence electrons. The van der Waals surface area contributed by atoms with Crippen LogP contribution in [0.4, 0.5) is 5.13 Å². The van der Waals surface area contributed by atoms with E-state index in [4.69, 9.17) is 23.2 Å². The molecule has 3 rings (SSSR count). The molecule has 2 heterocycles. The van der Waals surface area contributed by atoms with Crippen LogP contribution >= 0.6 is 34.5 Å². The van der Waals surface area contributed by atoms with E-state index in [0.29, 0.717) is 32.5 Å². The lowest BCUT2D eigenvalue weighted by Gasteiger charge is -2.09. The molecule has 0 fully saturated rings. The maximum Gasteiger partial charge on any atom is 0.268 e. The van der Waals surface area contributed by atoms with Crippen LogP contribution in [0.2, 0.25) is 10.0 Å². The molecule has 0 saturated heterocycles. The third-order valence-electron chi connectivity index (χ3n) is 3.88. The van der Waals surface area contributed by atoms with E-state index in [0.717, 1.165) is 11.4 Å². The second-order valence-corrected chi connectivity index (χ2v) is 8.53. The van der Waals surface area contributed by atoms with Crippen molar-refractivity contribution >= 4 is 51.7 Å². The fraction of sp³-hybridized carbons (Fsp3) is 0.200. The molecule has 9 heteroatoms. The van der Waals surface area contributed by atoms with Gasteiger partial charge >= 0.3 is 0 Å². The number of nitrogens with zero attached hydrogens (tertiary/aromatic N) is 4. The molecule has 0 unspecified atom stereocenters. The van der Waals surface area contributed by atoms with Gasteiger partial charge in [0.05, 0.1) is 10.7 Å². The summed E-state index contributed by atoms with van der Waals surface area (Å²) in [4.78, 5) is 12.5. The number of nitriles is 1. The maximum atomic E-state index is 12.5. The molecule has 0 aliphatic rings. The zero-order chi connectivity index (χ0) is 21.0. The Labute approximate surface area is 182 Å². The molecule has 0 radical (unpaired) electrons. The molecule has 6 nitrogen and oxygen atoms in total. The Morgan fingerprint density at radius 1 is 1.34 bits per heavy atom. The van der Waals surface area contributed by atoms with E-state index >= 15 is 0 Å². The molecule has 0 atom stereocenters.